The van der Waals surface area contributed by atoms with Gasteiger partial charge < -0.3 is 9.84 Å². The molecule has 1 aliphatic carbocycles. The van der Waals surface area contributed by atoms with Crippen LogP contribution in [0.5, 0.6) is 5.75 Å². The van der Waals surface area contributed by atoms with Crippen molar-refractivity contribution < 1.29 is 9.84 Å². The molecule has 1 atom stereocenters. The maximum atomic E-state index is 11.2. The maximum absolute atomic E-state index is 11.2. The molecule has 0 bridgehead atoms. The zero-order chi connectivity index (χ0) is 14.9. The van der Waals surface area contributed by atoms with Crippen LogP contribution in [-0.2, 0) is 12.5 Å². The van der Waals surface area contributed by atoms with Crippen molar-refractivity contribution in [3.05, 3.63) is 47.8 Å². The van der Waals surface area contributed by atoms with E-state index in [2.05, 4.69) is 17.2 Å². The third kappa shape index (κ3) is 2.23. The van der Waals surface area contributed by atoms with Crippen molar-refractivity contribution >= 4 is 0 Å². The van der Waals surface area contributed by atoms with Crippen molar-refractivity contribution in [1.82, 2.24) is 9.78 Å². The lowest BCUT2D eigenvalue weighted by molar-refractivity contribution is 0.0723. The van der Waals surface area contributed by atoms with Crippen LogP contribution in [-0.4, -0.2) is 22.0 Å². The monoisotopic (exact) mass is 286 g/mol. The zero-order valence-corrected chi connectivity index (χ0v) is 12.6. The highest BCUT2D eigenvalue weighted by Crippen LogP contribution is 2.50. The van der Waals surface area contributed by atoms with Gasteiger partial charge in [0.25, 0.3) is 0 Å². The Kier molecular flexibility index (Phi) is 3.72. The van der Waals surface area contributed by atoms with Gasteiger partial charge in [0.1, 0.15) is 11.8 Å². The highest BCUT2D eigenvalue weighted by molar-refractivity contribution is 5.36. The number of methoxy groups -OCH3 is 1. The van der Waals surface area contributed by atoms with E-state index in [-0.39, 0.29) is 5.41 Å². The Bertz CT molecular complexity index is 601. The Morgan fingerprint density at radius 3 is 2.52 bits per heavy atom. The van der Waals surface area contributed by atoms with E-state index in [0.717, 1.165) is 31.4 Å². The number of aliphatic hydroxyl groups excluding tert-OH is 1. The van der Waals surface area contributed by atoms with Crippen LogP contribution in [0.4, 0.5) is 0 Å². The summed E-state index contributed by atoms with van der Waals surface area (Å²) >= 11 is 0. The molecule has 1 unspecified atom stereocenters. The number of ether oxygens (including phenoxy) is 1. The Hall–Kier alpha value is -1.81. The summed E-state index contributed by atoms with van der Waals surface area (Å²) in [4.78, 5) is 0. The highest BCUT2D eigenvalue weighted by Gasteiger charge is 2.45. The van der Waals surface area contributed by atoms with Gasteiger partial charge in [-0.15, -0.1) is 0 Å². The van der Waals surface area contributed by atoms with Crippen LogP contribution in [0, 0.1) is 0 Å². The number of benzene rings is 1. The Balaban J connectivity index is 2.07. The predicted molar refractivity (Wildman–Crippen MR) is 81.3 cm³/mol. The van der Waals surface area contributed by atoms with Crippen molar-refractivity contribution in [1.29, 1.82) is 0 Å². The van der Waals surface area contributed by atoms with E-state index in [0.29, 0.717) is 5.75 Å². The van der Waals surface area contributed by atoms with Gasteiger partial charge in [-0.25, -0.2) is 0 Å². The van der Waals surface area contributed by atoms with Gasteiger partial charge in [0.15, 0.2) is 5.75 Å². The molecular weight excluding hydrogens is 264 g/mol. The summed E-state index contributed by atoms with van der Waals surface area (Å²) in [5.41, 5.74) is 1.74. The van der Waals surface area contributed by atoms with Gasteiger partial charge in [-0.3, -0.25) is 4.68 Å². The van der Waals surface area contributed by atoms with E-state index in [1.165, 1.54) is 5.56 Å². The van der Waals surface area contributed by atoms with E-state index < -0.39 is 6.10 Å². The predicted octanol–water partition coefficient (Wildman–Crippen LogP) is 2.97. The first kappa shape index (κ1) is 14.1. The molecule has 0 saturated heterocycles. The molecule has 0 amide bonds. The quantitative estimate of drug-likeness (QED) is 0.940. The standard InChI is InChI=1S/C17H22N2O2/c1-19-15(14(21-2)12-18-19)16(20)17(10-6-7-11-17)13-8-4-3-5-9-13/h3-5,8-9,12,16,20H,6-7,10-11H2,1-2H3. The van der Waals surface area contributed by atoms with Crippen LogP contribution >= 0.6 is 0 Å². The smallest absolute Gasteiger partial charge is 0.162 e. The van der Waals surface area contributed by atoms with Crippen LogP contribution in [0.15, 0.2) is 36.5 Å². The molecule has 1 aromatic heterocycles. The lowest BCUT2D eigenvalue weighted by atomic mass is 9.73. The summed E-state index contributed by atoms with van der Waals surface area (Å²) in [6.45, 7) is 0. The van der Waals surface area contributed by atoms with Gasteiger partial charge in [0.2, 0.25) is 0 Å². The van der Waals surface area contributed by atoms with Gasteiger partial charge in [0.05, 0.1) is 13.3 Å². The van der Waals surface area contributed by atoms with E-state index in [1.54, 1.807) is 18.0 Å². The number of nitrogens with zero attached hydrogens (tertiary/aromatic N) is 2. The average Bonchev–Trinajstić information content (AvgIpc) is 3.15. The van der Waals surface area contributed by atoms with Gasteiger partial charge in [-0.1, -0.05) is 43.2 Å². The molecule has 1 N–H and O–H groups in total. The molecule has 0 aliphatic heterocycles. The highest BCUT2D eigenvalue weighted by atomic mass is 16.5. The Morgan fingerprint density at radius 2 is 1.90 bits per heavy atom. The van der Waals surface area contributed by atoms with E-state index >= 15 is 0 Å². The van der Waals surface area contributed by atoms with Gasteiger partial charge in [0, 0.05) is 12.5 Å². The first-order chi connectivity index (χ1) is 10.2. The van der Waals surface area contributed by atoms with Crippen molar-refractivity contribution in [3.8, 4) is 5.75 Å². The summed E-state index contributed by atoms with van der Waals surface area (Å²) < 4.78 is 7.11. The zero-order valence-electron chi connectivity index (χ0n) is 12.6. The second kappa shape index (κ2) is 5.53. The fourth-order valence-electron chi connectivity index (χ4n) is 3.65. The average molecular weight is 286 g/mol. The number of rotatable bonds is 4. The fourth-order valence-corrected chi connectivity index (χ4v) is 3.65. The lowest BCUT2D eigenvalue weighted by Gasteiger charge is -2.35. The second-order valence-electron chi connectivity index (χ2n) is 5.85. The molecule has 1 aliphatic rings. The molecule has 4 nitrogen and oxygen atoms in total. The molecule has 21 heavy (non-hydrogen) atoms. The van der Waals surface area contributed by atoms with E-state index in [4.69, 9.17) is 4.74 Å². The summed E-state index contributed by atoms with van der Waals surface area (Å²) in [6.07, 6.45) is 5.34. The molecule has 1 saturated carbocycles. The molecule has 2 aromatic rings. The summed E-state index contributed by atoms with van der Waals surface area (Å²) in [5.74, 6) is 0.659. The van der Waals surface area contributed by atoms with Crippen molar-refractivity contribution in [3.63, 3.8) is 0 Å². The number of aliphatic hydroxyl groups is 1. The number of aromatic nitrogens is 2. The SMILES string of the molecule is COc1cnn(C)c1C(O)C1(c2ccccc2)CCCC1. The summed E-state index contributed by atoms with van der Waals surface area (Å²) in [5, 5.41) is 15.4. The van der Waals surface area contributed by atoms with Crippen molar-refractivity contribution in [2.75, 3.05) is 7.11 Å². The number of hydrogen-bond donors (Lipinski definition) is 1. The Labute approximate surface area is 125 Å². The Morgan fingerprint density at radius 1 is 1.24 bits per heavy atom. The molecule has 0 spiro atoms. The number of hydrogen-bond acceptors (Lipinski definition) is 3. The first-order valence-corrected chi connectivity index (χ1v) is 7.48. The molecule has 3 rings (SSSR count). The molecule has 1 heterocycles. The van der Waals surface area contributed by atoms with Crippen LogP contribution < -0.4 is 4.74 Å². The van der Waals surface area contributed by atoms with Crippen molar-refractivity contribution in [2.45, 2.75) is 37.2 Å². The molecule has 1 fully saturated rings. The molecule has 0 radical (unpaired) electrons. The first-order valence-electron chi connectivity index (χ1n) is 7.48. The van der Waals surface area contributed by atoms with Crippen LogP contribution in [0.2, 0.25) is 0 Å². The van der Waals surface area contributed by atoms with Crippen LogP contribution in [0.1, 0.15) is 43.0 Å². The molecule has 4 heteroatoms. The fraction of sp³-hybridized carbons (Fsp3) is 0.471. The van der Waals surface area contributed by atoms with E-state index in [1.807, 2.05) is 25.2 Å². The van der Waals surface area contributed by atoms with Gasteiger partial charge >= 0.3 is 0 Å². The van der Waals surface area contributed by atoms with Crippen LogP contribution in [0.25, 0.3) is 0 Å². The minimum absolute atomic E-state index is 0.234. The minimum Gasteiger partial charge on any atom is -0.493 e. The number of aryl methyl sites for hydroxylation is 1. The lowest BCUT2D eigenvalue weighted by Crippen LogP contribution is -2.32. The molecule has 1 aromatic carbocycles. The maximum Gasteiger partial charge on any atom is 0.162 e. The summed E-state index contributed by atoms with van der Waals surface area (Å²) in [7, 11) is 3.48. The normalized spacial score (nSPS) is 18.6. The van der Waals surface area contributed by atoms with Crippen LogP contribution in [0.3, 0.4) is 0 Å². The molecular formula is C17H22N2O2. The minimum atomic E-state index is -0.607. The van der Waals surface area contributed by atoms with Gasteiger partial charge in [-0.2, -0.15) is 5.10 Å². The third-order valence-electron chi connectivity index (χ3n) is 4.80. The largest absolute Gasteiger partial charge is 0.493 e. The van der Waals surface area contributed by atoms with Gasteiger partial charge in [-0.05, 0) is 18.4 Å². The topological polar surface area (TPSA) is 47.3 Å². The van der Waals surface area contributed by atoms with E-state index in [9.17, 15) is 5.11 Å². The summed E-state index contributed by atoms with van der Waals surface area (Å²) in [6, 6.07) is 10.4. The van der Waals surface area contributed by atoms with Crippen molar-refractivity contribution in [2.24, 2.45) is 7.05 Å². The molecule has 112 valence electrons. The second-order valence-corrected chi connectivity index (χ2v) is 5.85. The third-order valence-corrected chi connectivity index (χ3v) is 4.80.